The van der Waals surface area contributed by atoms with Crippen LogP contribution >= 0.6 is 23.2 Å². The summed E-state index contributed by atoms with van der Waals surface area (Å²) < 4.78 is 41.0. The molecule has 0 aliphatic carbocycles. The molecule has 0 saturated carbocycles. The van der Waals surface area contributed by atoms with Crippen molar-refractivity contribution in [3.05, 3.63) is 40.4 Å². The predicted molar refractivity (Wildman–Crippen MR) is 113 cm³/mol. The maximum absolute atomic E-state index is 12.5. The number of hydrogen-bond acceptors (Lipinski definition) is 7. The van der Waals surface area contributed by atoms with Crippen molar-refractivity contribution in [3.8, 4) is 5.88 Å². The number of pyridine rings is 1. The van der Waals surface area contributed by atoms with Crippen LogP contribution in [0.15, 0.2) is 24.5 Å². The van der Waals surface area contributed by atoms with Crippen LogP contribution < -0.4 is 15.4 Å². The highest BCUT2D eigenvalue weighted by Gasteiger charge is 2.20. The van der Waals surface area contributed by atoms with Gasteiger partial charge >= 0.3 is 12.6 Å². The minimum atomic E-state index is -3.08. The Balaban J connectivity index is 1.80. The number of ether oxygens (including phenoxy) is 3. The van der Waals surface area contributed by atoms with Crippen molar-refractivity contribution in [2.45, 2.75) is 19.6 Å². The molecule has 3 aromatic heterocycles. The van der Waals surface area contributed by atoms with Crippen molar-refractivity contribution in [2.24, 2.45) is 0 Å². The van der Waals surface area contributed by atoms with E-state index in [1.807, 2.05) is 0 Å². The lowest BCUT2D eigenvalue weighted by atomic mass is 10.2. The van der Waals surface area contributed by atoms with Gasteiger partial charge in [0.05, 0.1) is 48.8 Å². The highest BCUT2D eigenvalue weighted by atomic mass is 35.5. The summed E-state index contributed by atoms with van der Waals surface area (Å²) in [6.45, 7) is -0.624. The van der Waals surface area contributed by atoms with E-state index in [9.17, 15) is 13.6 Å². The number of urea groups is 1. The monoisotopic (exact) mass is 490 g/mol. The fourth-order valence-electron chi connectivity index (χ4n) is 2.75. The first-order chi connectivity index (χ1) is 15.3. The molecule has 2 N–H and O–H groups in total. The van der Waals surface area contributed by atoms with Crippen LogP contribution in [0.1, 0.15) is 18.7 Å². The molecule has 10 nitrogen and oxygen atoms in total. The molecule has 0 spiro atoms. The molecule has 172 valence electrons. The number of hydrogen-bond donors (Lipinski definition) is 2. The second kappa shape index (κ2) is 10.7. The van der Waals surface area contributed by atoms with Crippen LogP contribution in [0, 0.1) is 0 Å². The van der Waals surface area contributed by atoms with Crippen molar-refractivity contribution in [2.75, 3.05) is 31.0 Å². The fraction of sp³-hybridized carbons (Fsp3) is 0.333. The van der Waals surface area contributed by atoms with Gasteiger partial charge in [0.15, 0.2) is 10.8 Å². The summed E-state index contributed by atoms with van der Waals surface area (Å²) in [5, 5.41) is 9.36. The molecule has 0 fully saturated rings. The molecule has 0 saturated heterocycles. The van der Waals surface area contributed by atoms with Crippen molar-refractivity contribution in [1.29, 1.82) is 0 Å². The summed E-state index contributed by atoms with van der Waals surface area (Å²) >= 11 is 11.9. The number of rotatable bonds is 9. The first-order valence-electron chi connectivity index (χ1n) is 9.11. The van der Waals surface area contributed by atoms with E-state index in [0.29, 0.717) is 30.2 Å². The lowest BCUT2D eigenvalue weighted by Crippen LogP contribution is -2.23. The average molecular weight is 491 g/mol. The second-order valence-corrected chi connectivity index (χ2v) is 7.06. The molecular formula is C18H18Cl2F2N6O4. The maximum Gasteiger partial charge on any atom is 0.388 e. The molecule has 1 atom stereocenters. The molecular weight excluding hydrogens is 473 g/mol. The van der Waals surface area contributed by atoms with E-state index >= 15 is 0 Å². The zero-order chi connectivity index (χ0) is 23.3. The van der Waals surface area contributed by atoms with Crippen molar-refractivity contribution >= 4 is 46.3 Å². The van der Waals surface area contributed by atoms with Gasteiger partial charge in [-0.05, 0) is 13.0 Å². The Hall–Kier alpha value is -2.80. The summed E-state index contributed by atoms with van der Waals surface area (Å²) in [5.74, 6) is -0.456. The molecule has 0 aromatic carbocycles. The Morgan fingerprint density at radius 2 is 1.97 bits per heavy atom. The number of aromatic nitrogens is 4. The number of alkyl halides is 2. The maximum atomic E-state index is 12.5. The minimum absolute atomic E-state index is 0.149. The Bertz CT molecular complexity index is 1100. The Labute approximate surface area is 190 Å². The third-order valence-corrected chi connectivity index (χ3v) is 4.50. The highest BCUT2D eigenvalue weighted by molar-refractivity contribution is 6.32. The normalized spacial score (nSPS) is 12.2. The number of amides is 2. The third-order valence-electron chi connectivity index (χ3n) is 4.05. The number of fused-ring (bicyclic) bond motifs is 1. The van der Waals surface area contributed by atoms with E-state index in [1.54, 1.807) is 20.1 Å². The first kappa shape index (κ1) is 23.9. The van der Waals surface area contributed by atoms with Gasteiger partial charge in [0, 0.05) is 13.2 Å². The van der Waals surface area contributed by atoms with E-state index in [2.05, 4.69) is 30.4 Å². The summed E-state index contributed by atoms with van der Waals surface area (Å²) in [4.78, 5) is 20.4. The minimum Gasteiger partial charge on any atom is -0.415 e. The lowest BCUT2D eigenvalue weighted by molar-refractivity contribution is -0.0527. The standard InChI is InChI=1S/C18H18Cl2F2N6O4/c1-9(31-4-3-30-2)15-12(8-23-14-6-13(20)27-28(14)15)26-18(29)25-10-5-11(19)16(24-7-10)32-17(21)22/h5-9,17H,3-4H2,1-2H3,(H2,25,26,29). The zero-order valence-corrected chi connectivity index (χ0v) is 18.3. The lowest BCUT2D eigenvalue weighted by Gasteiger charge is -2.18. The Morgan fingerprint density at radius 3 is 2.66 bits per heavy atom. The van der Waals surface area contributed by atoms with E-state index in [0.717, 1.165) is 6.20 Å². The van der Waals surface area contributed by atoms with Gasteiger partial charge in [-0.15, -0.1) is 0 Å². The molecule has 1 unspecified atom stereocenters. The fourth-order valence-corrected chi connectivity index (χ4v) is 3.13. The smallest absolute Gasteiger partial charge is 0.388 e. The predicted octanol–water partition coefficient (Wildman–Crippen LogP) is 4.40. The largest absolute Gasteiger partial charge is 0.415 e. The van der Waals surface area contributed by atoms with E-state index in [1.165, 1.54) is 16.8 Å². The molecule has 3 heterocycles. The molecule has 2 amide bonds. The number of anilines is 2. The zero-order valence-electron chi connectivity index (χ0n) is 16.8. The topological polar surface area (TPSA) is 112 Å². The van der Waals surface area contributed by atoms with E-state index < -0.39 is 24.6 Å². The van der Waals surface area contributed by atoms with Crippen LogP contribution in [0.25, 0.3) is 5.65 Å². The number of carbonyl (C=O) groups excluding carboxylic acids is 1. The van der Waals surface area contributed by atoms with E-state index in [-0.39, 0.29) is 15.9 Å². The third kappa shape index (κ3) is 5.91. The van der Waals surface area contributed by atoms with Gasteiger partial charge in [0.2, 0.25) is 5.88 Å². The quantitative estimate of drug-likeness (QED) is 0.427. The Morgan fingerprint density at radius 1 is 1.19 bits per heavy atom. The van der Waals surface area contributed by atoms with Crippen LogP contribution in [0.5, 0.6) is 5.88 Å². The number of methoxy groups -OCH3 is 1. The number of nitrogens with one attached hydrogen (secondary N) is 2. The van der Waals surface area contributed by atoms with Crippen LogP contribution in [0.2, 0.25) is 10.2 Å². The van der Waals surface area contributed by atoms with Crippen molar-refractivity contribution in [3.63, 3.8) is 0 Å². The average Bonchev–Trinajstić information content (AvgIpc) is 3.09. The molecule has 3 aromatic rings. The highest BCUT2D eigenvalue weighted by Crippen LogP contribution is 2.28. The van der Waals surface area contributed by atoms with Crippen molar-refractivity contribution in [1.82, 2.24) is 19.6 Å². The molecule has 0 aliphatic heterocycles. The van der Waals surface area contributed by atoms with Crippen LogP contribution in [-0.4, -0.2) is 52.5 Å². The molecule has 0 aliphatic rings. The molecule has 0 radical (unpaired) electrons. The van der Waals surface area contributed by atoms with E-state index in [4.69, 9.17) is 32.7 Å². The summed E-state index contributed by atoms with van der Waals surface area (Å²) in [6, 6.07) is 2.11. The number of nitrogens with zero attached hydrogens (tertiary/aromatic N) is 4. The first-order valence-corrected chi connectivity index (χ1v) is 9.87. The van der Waals surface area contributed by atoms with Crippen molar-refractivity contribution < 1.29 is 27.8 Å². The van der Waals surface area contributed by atoms with Gasteiger partial charge in [0.25, 0.3) is 0 Å². The Kier molecular flexibility index (Phi) is 7.96. The van der Waals surface area contributed by atoms with Crippen LogP contribution in [0.3, 0.4) is 0 Å². The second-order valence-electron chi connectivity index (χ2n) is 6.27. The van der Waals surface area contributed by atoms with Crippen LogP contribution in [-0.2, 0) is 9.47 Å². The molecule has 0 bridgehead atoms. The van der Waals surface area contributed by atoms with Crippen LogP contribution in [0.4, 0.5) is 25.0 Å². The number of halogens is 4. The van der Waals surface area contributed by atoms with Gasteiger partial charge in [-0.25, -0.2) is 19.3 Å². The summed E-state index contributed by atoms with van der Waals surface area (Å²) in [7, 11) is 1.55. The summed E-state index contributed by atoms with van der Waals surface area (Å²) in [6.07, 6.45) is 2.04. The molecule has 3 rings (SSSR count). The van der Waals surface area contributed by atoms with Gasteiger partial charge in [-0.3, -0.25) is 0 Å². The SMILES string of the molecule is COCCOC(C)c1c(NC(=O)Nc2cnc(OC(F)F)c(Cl)c2)cnc2cc(Cl)nn12. The van der Waals surface area contributed by atoms with Gasteiger partial charge in [-0.1, -0.05) is 23.2 Å². The number of carbonyl (C=O) groups is 1. The van der Waals surface area contributed by atoms with Gasteiger partial charge in [0.1, 0.15) is 5.02 Å². The van der Waals surface area contributed by atoms with Gasteiger partial charge in [-0.2, -0.15) is 13.9 Å². The molecule has 32 heavy (non-hydrogen) atoms. The summed E-state index contributed by atoms with van der Waals surface area (Å²) in [5.41, 5.74) is 1.40. The molecule has 14 heteroatoms. The van der Waals surface area contributed by atoms with Gasteiger partial charge < -0.3 is 24.8 Å².